The lowest BCUT2D eigenvalue weighted by atomic mass is 9.89. The number of ether oxygens (including phenoxy) is 2. The number of nitrogens with zero attached hydrogens (tertiary/aromatic N) is 1. The summed E-state index contributed by atoms with van der Waals surface area (Å²) in [7, 11) is 0. The number of aliphatic imine (C=N–C) groups is 1. The van der Waals surface area contributed by atoms with Crippen molar-refractivity contribution < 1.29 is 28.7 Å². The zero-order valence-corrected chi connectivity index (χ0v) is 33.3. The number of rotatable bonds is 20. The Kier molecular flexibility index (Phi) is 16.0. The first-order chi connectivity index (χ1) is 28.7. The molecule has 0 aliphatic rings. The number of nitrogens with one attached hydrogen (secondary N) is 3. The molecule has 12 nitrogen and oxygen atoms in total. The van der Waals surface area contributed by atoms with Gasteiger partial charge in [0.05, 0.1) is 6.61 Å². The number of benzene rings is 5. The van der Waals surface area contributed by atoms with Gasteiger partial charge in [-0.2, -0.15) is 0 Å². The minimum atomic E-state index is -0.999. The van der Waals surface area contributed by atoms with Gasteiger partial charge in [-0.05, 0) is 84.5 Å². The monoisotopic (exact) mass is 794 g/mol. The Bertz CT molecular complexity index is 2340. The van der Waals surface area contributed by atoms with Gasteiger partial charge in [-0.1, -0.05) is 110 Å². The van der Waals surface area contributed by atoms with Crippen molar-refractivity contribution >= 4 is 52.3 Å². The summed E-state index contributed by atoms with van der Waals surface area (Å²) >= 11 is 0. The van der Waals surface area contributed by atoms with Gasteiger partial charge in [0.25, 0.3) is 11.8 Å². The van der Waals surface area contributed by atoms with E-state index < -0.39 is 30.4 Å². The molecule has 0 saturated carbocycles. The Labute approximate surface area is 344 Å². The Morgan fingerprint density at radius 1 is 0.831 bits per heavy atom. The summed E-state index contributed by atoms with van der Waals surface area (Å²) in [5.41, 5.74) is 18.4. The number of amides is 3. The molecular weight excluding hydrogens is 745 g/mol. The minimum Gasteiger partial charge on any atom is -0.489 e. The number of allylic oxidation sites excluding steroid dienone is 2. The molecule has 0 radical (unpaired) electrons. The number of hydroxylamine groups is 1. The summed E-state index contributed by atoms with van der Waals surface area (Å²) < 4.78 is 12.6. The molecule has 0 bridgehead atoms. The third-order valence-electron chi connectivity index (χ3n) is 9.01. The molecule has 0 spiro atoms. The zero-order valence-electron chi connectivity index (χ0n) is 33.3. The molecule has 0 unspecified atom stereocenters. The van der Waals surface area contributed by atoms with Crippen LogP contribution in [-0.4, -0.2) is 49.5 Å². The molecule has 0 aliphatic carbocycles. The molecule has 3 amide bonds. The lowest BCUT2D eigenvalue weighted by Gasteiger charge is -2.22. The molecule has 12 heteroatoms. The highest BCUT2D eigenvalue weighted by Gasteiger charge is 2.24. The van der Waals surface area contributed by atoms with E-state index in [4.69, 9.17) is 25.8 Å². The topological polar surface area (TPSA) is 179 Å². The highest BCUT2D eigenvalue weighted by molar-refractivity contribution is 6.04. The van der Waals surface area contributed by atoms with Gasteiger partial charge in [-0.15, -0.1) is 0 Å². The standard InChI is InChI=1S/C47H50N6O6/c1-4-14-33-23-25-40(57-28-6-3)43(37(33)15-5-2)44-38-21-11-10-18-34(38)24-26-41(44)58-31-42(54)52-39(22-13-27-50-47(48)49)46(56)51-36-20-12-19-35(29-36)45(55)53-59-30-32-16-8-7-9-17-32/h4-12,14-21,23-26,29,39H,3,13,22,27-28,30-31H2,1-2H3,(H,51,56)(H,52,54)(H,53,55)(H4,48,49,50)/b14-4-,15-5-/t39-/m1/s1. The third kappa shape index (κ3) is 12.2. The van der Waals surface area contributed by atoms with Gasteiger partial charge in [0.1, 0.15) is 24.1 Å². The molecule has 59 heavy (non-hydrogen) atoms. The molecule has 0 fully saturated rings. The summed E-state index contributed by atoms with van der Waals surface area (Å²) in [6.07, 6.45) is 10.3. The van der Waals surface area contributed by atoms with Crippen molar-refractivity contribution in [3.05, 3.63) is 150 Å². The molecule has 7 N–H and O–H groups in total. The van der Waals surface area contributed by atoms with Crippen LogP contribution in [0.3, 0.4) is 0 Å². The normalized spacial score (nSPS) is 11.6. The minimum absolute atomic E-state index is 0.0793. The first-order valence-corrected chi connectivity index (χ1v) is 19.2. The largest absolute Gasteiger partial charge is 0.489 e. The summed E-state index contributed by atoms with van der Waals surface area (Å²) in [6.45, 7) is 8.05. The number of hydrogen-bond acceptors (Lipinski definition) is 7. The van der Waals surface area contributed by atoms with E-state index in [9.17, 15) is 14.4 Å². The number of hydrogen-bond donors (Lipinski definition) is 5. The van der Waals surface area contributed by atoms with E-state index in [1.807, 2.05) is 117 Å². The molecular formula is C47H50N6O6. The summed E-state index contributed by atoms with van der Waals surface area (Å²) in [5, 5.41) is 7.51. The Morgan fingerprint density at radius 3 is 2.34 bits per heavy atom. The molecule has 0 saturated heterocycles. The molecule has 0 aromatic heterocycles. The van der Waals surface area contributed by atoms with Crippen LogP contribution in [0.2, 0.25) is 0 Å². The van der Waals surface area contributed by atoms with E-state index in [-0.39, 0.29) is 37.7 Å². The molecule has 0 aliphatic heterocycles. The van der Waals surface area contributed by atoms with Crippen LogP contribution in [0.1, 0.15) is 53.7 Å². The van der Waals surface area contributed by atoms with Gasteiger partial charge in [-0.25, -0.2) is 5.48 Å². The highest BCUT2D eigenvalue weighted by atomic mass is 16.6. The van der Waals surface area contributed by atoms with Gasteiger partial charge in [-0.3, -0.25) is 24.2 Å². The Morgan fingerprint density at radius 2 is 1.58 bits per heavy atom. The van der Waals surface area contributed by atoms with Crippen LogP contribution in [0.15, 0.2) is 133 Å². The zero-order chi connectivity index (χ0) is 42.0. The van der Waals surface area contributed by atoms with E-state index in [0.29, 0.717) is 23.6 Å². The van der Waals surface area contributed by atoms with Crippen molar-refractivity contribution in [2.75, 3.05) is 25.1 Å². The van der Waals surface area contributed by atoms with Gasteiger partial charge in [0.2, 0.25) is 5.91 Å². The van der Waals surface area contributed by atoms with E-state index in [0.717, 1.165) is 38.6 Å². The number of fused-ring (bicyclic) bond motifs is 1. The Balaban J connectivity index is 1.37. The second-order valence-corrected chi connectivity index (χ2v) is 13.3. The van der Waals surface area contributed by atoms with Crippen LogP contribution in [0, 0.1) is 0 Å². The molecule has 304 valence electrons. The predicted molar refractivity (Wildman–Crippen MR) is 236 cm³/mol. The van der Waals surface area contributed by atoms with Crippen LogP contribution in [0.4, 0.5) is 5.69 Å². The van der Waals surface area contributed by atoms with Crippen molar-refractivity contribution in [1.29, 1.82) is 0 Å². The first kappa shape index (κ1) is 43.0. The average molecular weight is 795 g/mol. The summed E-state index contributed by atoms with van der Waals surface area (Å²) in [5.74, 6) is -0.542. The summed E-state index contributed by atoms with van der Waals surface area (Å²) in [4.78, 5) is 49.7. The van der Waals surface area contributed by atoms with Crippen LogP contribution in [0.25, 0.3) is 34.1 Å². The van der Waals surface area contributed by atoms with E-state index in [1.165, 1.54) is 6.07 Å². The fourth-order valence-electron chi connectivity index (χ4n) is 6.38. The number of carbonyl (C=O) groups excluding carboxylic acids is 3. The van der Waals surface area contributed by atoms with Crippen molar-refractivity contribution in [2.45, 2.75) is 39.3 Å². The molecule has 5 aromatic rings. The third-order valence-corrected chi connectivity index (χ3v) is 9.01. The van der Waals surface area contributed by atoms with Gasteiger partial charge >= 0.3 is 0 Å². The average Bonchev–Trinajstić information content (AvgIpc) is 3.24. The van der Waals surface area contributed by atoms with Crippen LogP contribution >= 0.6 is 0 Å². The van der Waals surface area contributed by atoms with Gasteiger partial charge in [0.15, 0.2) is 12.6 Å². The number of guanidine groups is 1. The molecule has 5 rings (SSSR count). The highest BCUT2D eigenvalue weighted by Crippen LogP contribution is 2.45. The van der Waals surface area contributed by atoms with E-state index in [1.54, 1.807) is 24.3 Å². The Hall–Kier alpha value is -7.18. The quantitative estimate of drug-likeness (QED) is 0.0176. The van der Waals surface area contributed by atoms with Crippen molar-refractivity contribution in [2.24, 2.45) is 16.5 Å². The fourth-order valence-corrected chi connectivity index (χ4v) is 6.38. The second-order valence-electron chi connectivity index (χ2n) is 13.3. The number of anilines is 1. The molecule has 5 aromatic carbocycles. The van der Waals surface area contributed by atoms with Crippen LogP contribution < -0.4 is 37.1 Å². The fraction of sp³-hybridized carbons (Fsp3) is 0.191. The number of carbonyl (C=O) groups is 3. The molecule has 1 atom stereocenters. The lowest BCUT2D eigenvalue weighted by Crippen LogP contribution is -2.45. The van der Waals surface area contributed by atoms with E-state index in [2.05, 4.69) is 27.7 Å². The maximum atomic E-state index is 13.7. The SMILES string of the molecule is C=CCOc1ccc(/C=C\C)c(/C=C\C)c1-c1c(OCC(=O)N[C@H](CCCN=C(N)N)C(=O)Nc2cccc(C(=O)NOCc3ccccc3)c2)ccc2ccccc12. The van der Waals surface area contributed by atoms with Crippen LogP contribution in [0.5, 0.6) is 11.5 Å². The van der Waals surface area contributed by atoms with Crippen molar-refractivity contribution in [1.82, 2.24) is 10.8 Å². The smallest absolute Gasteiger partial charge is 0.274 e. The maximum absolute atomic E-state index is 13.7. The van der Waals surface area contributed by atoms with Gasteiger partial charge in [0, 0.05) is 28.9 Å². The second kappa shape index (κ2) is 21.9. The predicted octanol–water partition coefficient (Wildman–Crippen LogP) is 7.56. The number of nitrogens with two attached hydrogens (primary N) is 2. The van der Waals surface area contributed by atoms with Gasteiger partial charge < -0.3 is 31.6 Å². The summed E-state index contributed by atoms with van der Waals surface area (Å²) in [6, 6.07) is 30.4. The maximum Gasteiger partial charge on any atom is 0.274 e. The van der Waals surface area contributed by atoms with Crippen molar-refractivity contribution in [3.63, 3.8) is 0 Å². The lowest BCUT2D eigenvalue weighted by molar-refractivity contribution is -0.128. The van der Waals surface area contributed by atoms with Crippen LogP contribution in [-0.2, 0) is 21.0 Å². The van der Waals surface area contributed by atoms with E-state index >= 15 is 0 Å². The first-order valence-electron chi connectivity index (χ1n) is 19.2. The molecule has 0 heterocycles. The van der Waals surface area contributed by atoms with Crippen molar-refractivity contribution in [3.8, 4) is 22.6 Å².